The van der Waals surface area contributed by atoms with Gasteiger partial charge in [0, 0.05) is 29.8 Å². The number of benzene rings is 2. The Balaban J connectivity index is 1.60. The van der Waals surface area contributed by atoms with Crippen LogP contribution in [0.15, 0.2) is 79.0 Å². The molecule has 0 bridgehead atoms. The molecule has 0 spiro atoms. The van der Waals surface area contributed by atoms with Crippen LogP contribution in [-0.2, 0) is 6.54 Å². The van der Waals surface area contributed by atoms with Gasteiger partial charge < -0.3 is 19.5 Å². The fraction of sp³-hybridized carbons (Fsp3) is 0.214. The van der Waals surface area contributed by atoms with Crippen LogP contribution in [0, 0.1) is 19.7 Å². The fourth-order valence-electron chi connectivity index (χ4n) is 4.94. The molecule has 4 aromatic rings. The number of aromatic nitrogens is 2. The van der Waals surface area contributed by atoms with Crippen molar-refractivity contribution in [1.29, 1.82) is 0 Å². The smallest absolute Gasteiger partial charge is 0.170 e. The highest BCUT2D eigenvalue weighted by Gasteiger charge is 2.41. The highest BCUT2D eigenvalue weighted by atomic mass is 32.1. The number of hydrogen-bond donors (Lipinski definition) is 1. The molecule has 1 N–H and O–H groups in total. The van der Waals surface area contributed by atoms with Crippen molar-refractivity contribution in [2.75, 3.05) is 7.11 Å². The number of hydrogen-bond acceptors (Lipinski definition) is 3. The molecule has 35 heavy (non-hydrogen) atoms. The molecule has 0 saturated carbocycles. The summed E-state index contributed by atoms with van der Waals surface area (Å²) in [4.78, 5) is 6.86. The van der Waals surface area contributed by atoms with Crippen molar-refractivity contribution in [3.05, 3.63) is 113 Å². The molecular weight excluding hydrogens is 459 g/mol. The Hall–Kier alpha value is -3.71. The molecule has 0 radical (unpaired) electrons. The first kappa shape index (κ1) is 23.1. The van der Waals surface area contributed by atoms with Crippen LogP contribution < -0.4 is 10.1 Å². The summed E-state index contributed by atoms with van der Waals surface area (Å²) in [5.41, 5.74) is 6.06. The molecule has 2 atom stereocenters. The van der Waals surface area contributed by atoms with Gasteiger partial charge in [-0.05, 0) is 85.7 Å². The van der Waals surface area contributed by atoms with Crippen molar-refractivity contribution in [3.8, 4) is 11.4 Å². The zero-order chi connectivity index (χ0) is 24.5. The van der Waals surface area contributed by atoms with E-state index in [2.05, 4.69) is 44.9 Å². The molecule has 5 nitrogen and oxygen atoms in total. The number of thiocarbonyl (C=S) groups is 1. The van der Waals surface area contributed by atoms with Crippen LogP contribution in [-0.4, -0.2) is 26.7 Å². The molecule has 2 aromatic carbocycles. The van der Waals surface area contributed by atoms with Gasteiger partial charge in [0.2, 0.25) is 0 Å². The maximum atomic E-state index is 14.1. The van der Waals surface area contributed by atoms with Crippen molar-refractivity contribution in [2.45, 2.75) is 32.5 Å². The minimum Gasteiger partial charge on any atom is -0.497 e. The first-order valence-electron chi connectivity index (χ1n) is 11.5. The standard InChI is InChI=1S/C28H27FN4OS/c1-18-15-24(19(2)33(18)22-8-6-7-21(29)16-22)27-26(25-9-4-5-14-30-25)31-28(35)32(27)17-20-10-12-23(34-3)13-11-20/h4-16,26-27H,17H2,1-3H3,(H,31,35). The van der Waals surface area contributed by atoms with Gasteiger partial charge in [0.05, 0.1) is 24.9 Å². The lowest BCUT2D eigenvalue weighted by atomic mass is 9.96. The lowest BCUT2D eigenvalue weighted by Crippen LogP contribution is -2.29. The molecule has 0 aliphatic carbocycles. The van der Waals surface area contributed by atoms with E-state index in [9.17, 15) is 4.39 Å². The largest absolute Gasteiger partial charge is 0.497 e. The summed E-state index contributed by atoms with van der Waals surface area (Å²) in [6, 6.07) is 22.6. The van der Waals surface area contributed by atoms with Gasteiger partial charge in [-0.1, -0.05) is 24.3 Å². The first-order valence-corrected chi connectivity index (χ1v) is 11.9. The van der Waals surface area contributed by atoms with Crippen LogP contribution in [0.3, 0.4) is 0 Å². The van der Waals surface area contributed by atoms with Gasteiger partial charge >= 0.3 is 0 Å². The molecule has 1 aliphatic rings. The number of nitrogens with zero attached hydrogens (tertiary/aromatic N) is 3. The van der Waals surface area contributed by atoms with Gasteiger partial charge in [0.15, 0.2) is 5.11 Å². The van der Waals surface area contributed by atoms with E-state index >= 15 is 0 Å². The van der Waals surface area contributed by atoms with E-state index in [1.54, 1.807) is 25.4 Å². The lowest BCUT2D eigenvalue weighted by Gasteiger charge is -2.28. The second-order valence-electron chi connectivity index (χ2n) is 8.74. The minimum atomic E-state index is -0.257. The zero-order valence-electron chi connectivity index (χ0n) is 19.9. The van der Waals surface area contributed by atoms with Crippen LogP contribution in [0.25, 0.3) is 5.69 Å². The highest BCUT2D eigenvalue weighted by molar-refractivity contribution is 7.80. The van der Waals surface area contributed by atoms with E-state index in [-0.39, 0.29) is 17.9 Å². The molecule has 178 valence electrons. The number of rotatable bonds is 6. The van der Waals surface area contributed by atoms with E-state index in [0.717, 1.165) is 39.6 Å². The normalized spacial score (nSPS) is 17.5. The van der Waals surface area contributed by atoms with E-state index in [1.165, 1.54) is 6.07 Å². The van der Waals surface area contributed by atoms with Gasteiger partial charge in [-0.2, -0.15) is 0 Å². The van der Waals surface area contributed by atoms with Gasteiger partial charge in [0.1, 0.15) is 11.6 Å². The number of halogens is 1. The summed E-state index contributed by atoms with van der Waals surface area (Å²) in [6.07, 6.45) is 1.80. The topological polar surface area (TPSA) is 42.3 Å². The summed E-state index contributed by atoms with van der Waals surface area (Å²) in [7, 11) is 1.66. The Kier molecular flexibility index (Phi) is 6.26. The maximum Gasteiger partial charge on any atom is 0.170 e. The van der Waals surface area contributed by atoms with Crippen molar-refractivity contribution < 1.29 is 9.13 Å². The predicted octanol–water partition coefficient (Wildman–Crippen LogP) is 5.81. The van der Waals surface area contributed by atoms with Crippen molar-refractivity contribution in [3.63, 3.8) is 0 Å². The third kappa shape index (κ3) is 4.39. The molecular formula is C28H27FN4OS. The molecule has 2 unspecified atom stereocenters. The summed E-state index contributed by atoms with van der Waals surface area (Å²) < 4.78 is 21.5. The van der Waals surface area contributed by atoms with Crippen molar-refractivity contribution in [2.24, 2.45) is 0 Å². The SMILES string of the molecule is COc1ccc(CN2C(=S)NC(c3ccccn3)C2c2cc(C)n(-c3cccc(F)c3)c2C)cc1. The fourth-order valence-corrected chi connectivity index (χ4v) is 5.25. The third-order valence-electron chi connectivity index (χ3n) is 6.57. The molecule has 3 heterocycles. The summed E-state index contributed by atoms with van der Waals surface area (Å²) in [6.45, 7) is 4.76. The first-order chi connectivity index (χ1) is 17.0. The predicted molar refractivity (Wildman–Crippen MR) is 139 cm³/mol. The molecule has 1 saturated heterocycles. The second kappa shape index (κ2) is 9.50. The molecule has 0 amide bonds. The average Bonchev–Trinajstić information content (AvgIpc) is 3.34. The van der Waals surface area contributed by atoms with E-state index in [1.807, 2.05) is 43.3 Å². The number of nitrogens with one attached hydrogen (secondary N) is 1. The Morgan fingerprint density at radius 3 is 2.51 bits per heavy atom. The van der Waals surface area contributed by atoms with Crippen LogP contribution in [0.1, 0.15) is 40.3 Å². The van der Waals surface area contributed by atoms with Gasteiger partial charge in [-0.25, -0.2) is 4.39 Å². The summed E-state index contributed by atoms with van der Waals surface area (Å²) in [5, 5.41) is 4.20. The Morgan fingerprint density at radius 1 is 1.03 bits per heavy atom. The highest BCUT2D eigenvalue weighted by Crippen LogP contribution is 2.42. The molecule has 5 rings (SSSR count). The van der Waals surface area contributed by atoms with Crippen molar-refractivity contribution in [1.82, 2.24) is 19.8 Å². The third-order valence-corrected chi connectivity index (χ3v) is 6.92. The molecule has 1 aliphatic heterocycles. The molecule has 7 heteroatoms. The number of methoxy groups -OCH3 is 1. The Bertz CT molecular complexity index is 1350. The Labute approximate surface area is 210 Å². The van der Waals surface area contributed by atoms with Crippen LogP contribution in [0.5, 0.6) is 5.75 Å². The number of ether oxygens (including phenoxy) is 1. The quantitative estimate of drug-likeness (QED) is 0.349. The number of aryl methyl sites for hydroxylation is 1. The van der Waals surface area contributed by atoms with E-state index in [4.69, 9.17) is 17.0 Å². The average molecular weight is 487 g/mol. The second-order valence-corrected chi connectivity index (χ2v) is 9.13. The lowest BCUT2D eigenvalue weighted by molar-refractivity contribution is 0.310. The number of pyridine rings is 1. The van der Waals surface area contributed by atoms with Gasteiger partial charge in [-0.3, -0.25) is 4.98 Å². The molecule has 2 aromatic heterocycles. The van der Waals surface area contributed by atoms with Crippen LogP contribution >= 0.6 is 12.2 Å². The zero-order valence-corrected chi connectivity index (χ0v) is 20.7. The summed E-state index contributed by atoms with van der Waals surface area (Å²) in [5.74, 6) is 0.560. The minimum absolute atomic E-state index is 0.0898. The monoisotopic (exact) mass is 486 g/mol. The maximum absolute atomic E-state index is 14.1. The van der Waals surface area contributed by atoms with Gasteiger partial charge in [0.25, 0.3) is 0 Å². The van der Waals surface area contributed by atoms with Crippen LogP contribution in [0.2, 0.25) is 0 Å². The molecule has 1 fully saturated rings. The van der Waals surface area contributed by atoms with Gasteiger partial charge in [-0.15, -0.1) is 0 Å². The van der Waals surface area contributed by atoms with Crippen LogP contribution in [0.4, 0.5) is 4.39 Å². The van der Waals surface area contributed by atoms with E-state index in [0.29, 0.717) is 11.7 Å². The Morgan fingerprint density at radius 2 is 1.83 bits per heavy atom. The summed E-state index contributed by atoms with van der Waals surface area (Å²) >= 11 is 5.84. The van der Waals surface area contributed by atoms with Crippen molar-refractivity contribution >= 4 is 17.3 Å². The van der Waals surface area contributed by atoms with E-state index < -0.39 is 0 Å².